The van der Waals surface area contributed by atoms with Crippen LogP contribution in [-0.4, -0.2) is 18.5 Å². The highest BCUT2D eigenvalue weighted by atomic mass is 16.2. The lowest BCUT2D eigenvalue weighted by Gasteiger charge is -2.25. The second-order valence-corrected chi connectivity index (χ2v) is 4.39. The van der Waals surface area contributed by atoms with E-state index in [4.69, 9.17) is 5.73 Å². The first kappa shape index (κ1) is 13.4. The third-order valence-corrected chi connectivity index (χ3v) is 2.84. The van der Waals surface area contributed by atoms with Crippen LogP contribution in [0.1, 0.15) is 47.0 Å². The van der Waals surface area contributed by atoms with E-state index >= 15 is 0 Å². The summed E-state index contributed by atoms with van der Waals surface area (Å²) in [6.45, 7) is 8.67. The highest BCUT2D eigenvalue weighted by molar-refractivity contribution is 5.81. The highest BCUT2D eigenvalue weighted by Crippen LogP contribution is 2.20. The molecule has 84 valence electrons. The van der Waals surface area contributed by atoms with Gasteiger partial charge in [-0.05, 0) is 25.8 Å². The van der Waals surface area contributed by atoms with E-state index < -0.39 is 0 Å². The molecule has 0 saturated heterocycles. The van der Waals surface area contributed by atoms with Crippen LogP contribution in [0.5, 0.6) is 0 Å². The van der Waals surface area contributed by atoms with Gasteiger partial charge in [0.25, 0.3) is 0 Å². The van der Waals surface area contributed by atoms with Gasteiger partial charge in [-0.25, -0.2) is 0 Å². The van der Waals surface area contributed by atoms with E-state index in [1.807, 2.05) is 20.8 Å². The molecule has 0 fully saturated rings. The van der Waals surface area contributed by atoms with Crippen molar-refractivity contribution in [1.82, 2.24) is 5.32 Å². The summed E-state index contributed by atoms with van der Waals surface area (Å²) < 4.78 is 0. The number of hydrogen-bond acceptors (Lipinski definition) is 2. The van der Waals surface area contributed by atoms with Crippen LogP contribution >= 0.6 is 0 Å². The molecule has 0 bridgehead atoms. The van der Waals surface area contributed by atoms with Crippen molar-refractivity contribution >= 4 is 5.91 Å². The molecule has 3 nitrogen and oxygen atoms in total. The van der Waals surface area contributed by atoms with Gasteiger partial charge >= 0.3 is 0 Å². The summed E-state index contributed by atoms with van der Waals surface area (Å²) >= 11 is 0. The standard InChI is InChI=1S/C11H24N2O/c1-5-9(7-8-12)13-10(14)11(3,4)6-2/h9H,5-8,12H2,1-4H3,(H,13,14). The first-order chi connectivity index (χ1) is 6.47. The zero-order valence-corrected chi connectivity index (χ0v) is 9.89. The zero-order chi connectivity index (χ0) is 11.2. The van der Waals surface area contributed by atoms with Gasteiger partial charge in [-0.1, -0.05) is 27.7 Å². The second kappa shape index (κ2) is 6.02. The maximum atomic E-state index is 11.8. The predicted octanol–water partition coefficient (Wildman–Crippen LogP) is 1.67. The molecule has 3 N–H and O–H groups in total. The first-order valence-corrected chi connectivity index (χ1v) is 5.49. The minimum Gasteiger partial charge on any atom is -0.353 e. The molecule has 0 rings (SSSR count). The smallest absolute Gasteiger partial charge is 0.225 e. The Morgan fingerprint density at radius 3 is 2.36 bits per heavy atom. The lowest BCUT2D eigenvalue weighted by Crippen LogP contribution is -2.43. The highest BCUT2D eigenvalue weighted by Gasteiger charge is 2.26. The SMILES string of the molecule is CCC(CCN)NC(=O)C(C)(C)CC. The summed E-state index contributed by atoms with van der Waals surface area (Å²) in [5, 5.41) is 3.04. The average Bonchev–Trinajstić information content (AvgIpc) is 2.16. The molecule has 0 radical (unpaired) electrons. The zero-order valence-electron chi connectivity index (χ0n) is 9.89. The Labute approximate surface area is 87.4 Å². The summed E-state index contributed by atoms with van der Waals surface area (Å²) in [5.41, 5.74) is 5.21. The van der Waals surface area contributed by atoms with Crippen LogP contribution in [-0.2, 0) is 4.79 Å². The van der Waals surface area contributed by atoms with E-state index in [9.17, 15) is 4.79 Å². The largest absolute Gasteiger partial charge is 0.353 e. The summed E-state index contributed by atoms with van der Waals surface area (Å²) in [6, 6.07) is 0.235. The van der Waals surface area contributed by atoms with E-state index in [1.165, 1.54) is 0 Å². The van der Waals surface area contributed by atoms with Crippen LogP contribution in [0.3, 0.4) is 0 Å². The van der Waals surface area contributed by atoms with Crippen molar-refractivity contribution in [2.45, 2.75) is 53.0 Å². The molecule has 0 aromatic carbocycles. The molecule has 0 spiro atoms. The van der Waals surface area contributed by atoms with Crippen molar-refractivity contribution < 1.29 is 4.79 Å². The van der Waals surface area contributed by atoms with Gasteiger partial charge in [-0.2, -0.15) is 0 Å². The monoisotopic (exact) mass is 200 g/mol. The fourth-order valence-corrected chi connectivity index (χ4v) is 1.12. The number of nitrogens with one attached hydrogen (secondary N) is 1. The molecule has 0 saturated carbocycles. The molecular formula is C11H24N2O. The van der Waals surface area contributed by atoms with E-state index in [-0.39, 0.29) is 17.4 Å². The number of rotatable bonds is 6. The lowest BCUT2D eigenvalue weighted by molar-refractivity contribution is -0.130. The summed E-state index contributed by atoms with van der Waals surface area (Å²) in [7, 11) is 0. The van der Waals surface area contributed by atoms with Gasteiger partial charge in [-0.15, -0.1) is 0 Å². The van der Waals surface area contributed by atoms with Crippen LogP contribution in [0.25, 0.3) is 0 Å². The molecule has 0 aromatic rings. The quantitative estimate of drug-likeness (QED) is 0.685. The van der Waals surface area contributed by atoms with Gasteiger partial charge in [0.1, 0.15) is 0 Å². The Hall–Kier alpha value is -0.570. The molecule has 0 aliphatic carbocycles. The van der Waals surface area contributed by atoms with E-state index in [0.29, 0.717) is 6.54 Å². The van der Waals surface area contributed by atoms with Crippen molar-refractivity contribution in [2.75, 3.05) is 6.54 Å². The Balaban J connectivity index is 4.15. The number of hydrogen-bond donors (Lipinski definition) is 2. The molecule has 0 aliphatic rings. The van der Waals surface area contributed by atoms with Gasteiger partial charge in [0.05, 0.1) is 0 Å². The fraction of sp³-hybridized carbons (Fsp3) is 0.909. The van der Waals surface area contributed by atoms with Crippen LogP contribution in [0.2, 0.25) is 0 Å². The van der Waals surface area contributed by atoms with Crippen molar-refractivity contribution in [1.29, 1.82) is 0 Å². The average molecular weight is 200 g/mol. The fourth-order valence-electron chi connectivity index (χ4n) is 1.12. The topological polar surface area (TPSA) is 55.1 Å². The molecule has 14 heavy (non-hydrogen) atoms. The number of carbonyl (C=O) groups is 1. The van der Waals surface area contributed by atoms with Crippen molar-refractivity contribution in [3.63, 3.8) is 0 Å². The van der Waals surface area contributed by atoms with Gasteiger partial charge < -0.3 is 11.1 Å². The molecule has 1 unspecified atom stereocenters. The molecule has 0 aromatic heterocycles. The van der Waals surface area contributed by atoms with Crippen molar-refractivity contribution in [2.24, 2.45) is 11.1 Å². The molecule has 1 atom stereocenters. The van der Waals surface area contributed by atoms with Crippen molar-refractivity contribution in [3.8, 4) is 0 Å². The Morgan fingerprint density at radius 1 is 1.43 bits per heavy atom. The van der Waals surface area contributed by atoms with Gasteiger partial charge in [0.2, 0.25) is 5.91 Å². The molecular weight excluding hydrogens is 176 g/mol. The van der Waals surface area contributed by atoms with Gasteiger partial charge in [0.15, 0.2) is 0 Å². The Kier molecular flexibility index (Phi) is 5.77. The number of carbonyl (C=O) groups excluding carboxylic acids is 1. The van der Waals surface area contributed by atoms with Crippen molar-refractivity contribution in [3.05, 3.63) is 0 Å². The van der Waals surface area contributed by atoms with Crippen LogP contribution in [0.4, 0.5) is 0 Å². The summed E-state index contributed by atoms with van der Waals surface area (Å²) in [6.07, 6.45) is 2.67. The minimum atomic E-state index is -0.262. The van der Waals surface area contributed by atoms with Crippen LogP contribution in [0.15, 0.2) is 0 Å². The summed E-state index contributed by atoms with van der Waals surface area (Å²) in [4.78, 5) is 11.8. The van der Waals surface area contributed by atoms with Gasteiger partial charge in [-0.3, -0.25) is 4.79 Å². The number of nitrogens with two attached hydrogens (primary N) is 1. The lowest BCUT2D eigenvalue weighted by atomic mass is 9.89. The molecule has 1 amide bonds. The Bertz CT molecular complexity index is 178. The molecule has 3 heteroatoms. The van der Waals surface area contributed by atoms with E-state index in [1.54, 1.807) is 0 Å². The van der Waals surface area contributed by atoms with Crippen LogP contribution < -0.4 is 11.1 Å². The third-order valence-electron chi connectivity index (χ3n) is 2.84. The third kappa shape index (κ3) is 4.09. The van der Waals surface area contributed by atoms with Crippen LogP contribution in [0, 0.1) is 5.41 Å². The Morgan fingerprint density at radius 2 is 2.00 bits per heavy atom. The summed E-state index contributed by atoms with van der Waals surface area (Å²) in [5.74, 6) is 0.139. The normalized spacial score (nSPS) is 13.8. The molecule has 0 aliphatic heterocycles. The number of amides is 1. The maximum absolute atomic E-state index is 11.8. The van der Waals surface area contributed by atoms with E-state index in [0.717, 1.165) is 19.3 Å². The van der Waals surface area contributed by atoms with E-state index in [2.05, 4.69) is 12.2 Å². The van der Waals surface area contributed by atoms with Gasteiger partial charge in [0, 0.05) is 11.5 Å². The minimum absolute atomic E-state index is 0.139. The second-order valence-electron chi connectivity index (χ2n) is 4.39. The first-order valence-electron chi connectivity index (χ1n) is 5.49. The molecule has 0 heterocycles. The predicted molar refractivity (Wildman–Crippen MR) is 60.0 cm³/mol. The maximum Gasteiger partial charge on any atom is 0.225 e.